The Morgan fingerprint density at radius 3 is 2.62 bits per heavy atom. The van der Waals surface area contributed by atoms with E-state index in [2.05, 4.69) is 39.9 Å². The van der Waals surface area contributed by atoms with E-state index < -0.39 is 28.7 Å². The lowest BCUT2D eigenvalue weighted by atomic mass is 9.78. The van der Waals surface area contributed by atoms with Crippen molar-refractivity contribution in [2.24, 2.45) is 11.8 Å². The summed E-state index contributed by atoms with van der Waals surface area (Å²) in [5.74, 6) is 0.868. The number of hydrogen-bond acceptors (Lipinski definition) is 5. The number of ether oxygens (including phenoxy) is 2. The van der Waals surface area contributed by atoms with Gasteiger partial charge in [0.05, 0.1) is 13.6 Å². The van der Waals surface area contributed by atoms with Crippen molar-refractivity contribution in [3.8, 4) is 0 Å². The standard InChI is InChI=1S/C19H39NO5Si/c1-6-14(3)19(5,15(4)7-2)25-26-12-8-10-20-17(21)13-24-16-9-11-23-18(16)22/h14-16,18,22H,6-13,26H2,1-5H3,(H,20,21)/i11T. The zero-order valence-electron chi connectivity index (χ0n) is 18.1. The molecule has 154 valence electrons. The van der Waals surface area contributed by atoms with Crippen LogP contribution in [-0.4, -0.2) is 58.5 Å². The van der Waals surface area contributed by atoms with Crippen LogP contribution in [0.1, 0.15) is 61.7 Å². The highest BCUT2D eigenvalue weighted by Crippen LogP contribution is 2.34. The van der Waals surface area contributed by atoms with Gasteiger partial charge >= 0.3 is 0 Å². The second-order valence-corrected chi connectivity index (χ2v) is 8.89. The number of carbonyl (C=O) groups excluding carboxylic acids is 1. The van der Waals surface area contributed by atoms with Gasteiger partial charge in [0, 0.05) is 13.0 Å². The predicted molar refractivity (Wildman–Crippen MR) is 106 cm³/mol. The van der Waals surface area contributed by atoms with Gasteiger partial charge in [0.15, 0.2) is 16.1 Å². The minimum atomic E-state index is -1.12. The minimum Gasteiger partial charge on any atom is -0.418 e. The van der Waals surface area contributed by atoms with Gasteiger partial charge in [0.1, 0.15) is 12.7 Å². The van der Waals surface area contributed by atoms with Gasteiger partial charge in [0.2, 0.25) is 5.91 Å². The number of amides is 1. The highest BCUT2D eigenvalue weighted by atomic mass is 28.2. The molecule has 0 saturated carbocycles. The lowest BCUT2D eigenvalue weighted by Gasteiger charge is -2.41. The maximum Gasteiger partial charge on any atom is 0.246 e. The molecule has 0 aromatic carbocycles. The Labute approximate surface area is 162 Å². The van der Waals surface area contributed by atoms with Crippen LogP contribution in [0.15, 0.2) is 0 Å². The van der Waals surface area contributed by atoms with E-state index in [-0.39, 0.29) is 24.5 Å². The average Bonchev–Trinajstić information content (AvgIpc) is 2.98. The smallest absolute Gasteiger partial charge is 0.246 e. The number of carbonyl (C=O) groups is 1. The molecule has 1 amide bonds. The van der Waals surface area contributed by atoms with Gasteiger partial charge in [-0.1, -0.05) is 40.5 Å². The molecule has 5 unspecified atom stereocenters. The molecule has 1 fully saturated rings. The van der Waals surface area contributed by atoms with Crippen molar-refractivity contribution >= 4 is 15.7 Å². The Morgan fingerprint density at radius 2 is 2.08 bits per heavy atom. The third-order valence-corrected chi connectivity index (χ3v) is 7.41. The second kappa shape index (κ2) is 12.1. The first-order valence-electron chi connectivity index (χ1n) is 10.6. The molecule has 26 heavy (non-hydrogen) atoms. The zero-order valence-corrected chi connectivity index (χ0v) is 18.5. The summed E-state index contributed by atoms with van der Waals surface area (Å²) < 4.78 is 24.0. The van der Waals surface area contributed by atoms with Crippen LogP contribution in [0.25, 0.3) is 0 Å². The molecule has 1 aliphatic heterocycles. The van der Waals surface area contributed by atoms with Crippen molar-refractivity contribution in [2.75, 3.05) is 19.7 Å². The van der Waals surface area contributed by atoms with E-state index in [4.69, 9.17) is 15.3 Å². The predicted octanol–water partition coefficient (Wildman–Crippen LogP) is 1.99. The Morgan fingerprint density at radius 1 is 1.42 bits per heavy atom. The summed E-state index contributed by atoms with van der Waals surface area (Å²) in [5, 5.41) is 12.3. The molecule has 1 heterocycles. The highest BCUT2D eigenvalue weighted by Gasteiger charge is 2.35. The van der Waals surface area contributed by atoms with E-state index in [9.17, 15) is 9.90 Å². The van der Waals surface area contributed by atoms with Gasteiger partial charge in [0.25, 0.3) is 0 Å². The van der Waals surface area contributed by atoms with E-state index in [1.165, 1.54) is 0 Å². The molecule has 1 saturated heterocycles. The second-order valence-electron chi connectivity index (χ2n) is 7.49. The fraction of sp³-hybridized carbons (Fsp3) is 0.947. The van der Waals surface area contributed by atoms with Crippen LogP contribution in [0.5, 0.6) is 0 Å². The Kier molecular flexibility index (Phi) is 10.1. The molecule has 1 aliphatic rings. The van der Waals surface area contributed by atoms with Crippen LogP contribution in [0.2, 0.25) is 6.04 Å². The van der Waals surface area contributed by atoms with Crippen molar-refractivity contribution in [3.63, 3.8) is 0 Å². The van der Waals surface area contributed by atoms with Crippen molar-refractivity contribution in [1.82, 2.24) is 5.32 Å². The van der Waals surface area contributed by atoms with E-state index in [0.717, 1.165) is 25.3 Å². The average molecular weight is 392 g/mol. The molecule has 0 aliphatic carbocycles. The summed E-state index contributed by atoms with van der Waals surface area (Å²) in [4.78, 5) is 11.8. The third kappa shape index (κ3) is 7.27. The van der Waals surface area contributed by atoms with Crippen LogP contribution >= 0.6 is 0 Å². The van der Waals surface area contributed by atoms with Gasteiger partial charge in [-0.2, -0.15) is 0 Å². The third-order valence-electron chi connectivity index (χ3n) is 5.80. The van der Waals surface area contributed by atoms with Crippen molar-refractivity contribution in [3.05, 3.63) is 0 Å². The normalized spacial score (nSPS) is 28.7. The van der Waals surface area contributed by atoms with E-state index in [0.29, 0.717) is 18.4 Å². The van der Waals surface area contributed by atoms with Crippen LogP contribution in [0.3, 0.4) is 0 Å². The molecule has 0 spiro atoms. The SMILES string of the molecule is [3H]C1CC(OCC(=O)NCCC[SiH2]OC(C)(C(C)CC)C(C)CC)C(O)O1. The summed E-state index contributed by atoms with van der Waals surface area (Å²) in [6.45, 7) is 10.9. The summed E-state index contributed by atoms with van der Waals surface area (Å²) in [6, 6.07) is 1.03. The summed E-state index contributed by atoms with van der Waals surface area (Å²) in [6.07, 6.45) is 1.70. The summed E-state index contributed by atoms with van der Waals surface area (Å²) >= 11 is 0. The molecular weight excluding hydrogens is 350 g/mol. The van der Waals surface area contributed by atoms with Gasteiger partial charge in [-0.3, -0.25) is 4.79 Å². The Hall–Kier alpha value is -0.473. The first-order valence-corrected chi connectivity index (χ1v) is 11.6. The molecule has 0 bridgehead atoms. The van der Waals surface area contributed by atoms with E-state index >= 15 is 0 Å². The van der Waals surface area contributed by atoms with Crippen LogP contribution in [-0.2, 0) is 18.7 Å². The van der Waals surface area contributed by atoms with Crippen LogP contribution < -0.4 is 5.32 Å². The van der Waals surface area contributed by atoms with E-state index in [1.807, 2.05) is 0 Å². The number of hydrogen-bond donors (Lipinski definition) is 2. The lowest BCUT2D eigenvalue weighted by molar-refractivity contribution is -0.143. The molecule has 0 aromatic heterocycles. The van der Waals surface area contributed by atoms with Gasteiger partial charge in [-0.05, 0) is 31.2 Å². The zero-order chi connectivity index (χ0) is 20.4. The fourth-order valence-corrected chi connectivity index (χ4v) is 4.77. The largest absolute Gasteiger partial charge is 0.418 e. The molecule has 0 aromatic rings. The maximum atomic E-state index is 11.8. The summed E-state index contributed by atoms with van der Waals surface area (Å²) in [7, 11) is -0.632. The first kappa shape index (κ1) is 21.8. The fourth-order valence-electron chi connectivity index (χ4n) is 3.16. The topological polar surface area (TPSA) is 77.0 Å². The first-order chi connectivity index (χ1) is 12.7. The number of nitrogens with one attached hydrogen (secondary N) is 1. The molecule has 7 heteroatoms. The monoisotopic (exact) mass is 391 g/mol. The number of aliphatic hydroxyl groups excluding tert-OH is 1. The van der Waals surface area contributed by atoms with Gasteiger partial charge < -0.3 is 24.3 Å². The summed E-state index contributed by atoms with van der Waals surface area (Å²) in [5.41, 5.74) is -0.0489. The molecule has 6 nitrogen and oxygen atoms in total. The lowest BCUT2D eigenvalue weighted by Crippen LogP contribution is -2.43. The van der Waals surface area contributed by atoms with Crippen LogP contribution in [0, 0.1) is 11.8 Å². The Balaban J connectivity index is 2.17. The Bertz CT molecular complexity index is 432. The molecule has 2 N–H and O–H groups in total. The van der Waals surface area contributed by atoms with E-state index in [1.54, 1.807) is 0 Å². The minimum absolute atomic E-state index is 0.0489. The number of aliphatic hydroxyl groups is 1. The maximum absolute atomic E-state index is 11.8. The molecular formula is C19H39NO5Si. The van der Waals surface area contributed by atoms with Crippen molar-refractivity contribution in [2.45, 2.75) is 84.3 Å². The molecule has 0 radical (unpaired) electrons. The molecule has 1 rings (SSSR count). The molecule has 5 atom stereocenters. The van der Waals surface area contributed by atoms with Gasteiger partial charge in [-0.25, -0.2) is 0 Å². The highest BCUT2D eigenvalue weighted by molar-refractivity contribution is 6.27. The van der Waals surface area contributed by atoms with Crippen LogP contribution in [0.4, 0.5) is 0 Å². The van der Waals surface area contributed by atoms with Gasteiger partial charge in [-0.15, -0.1) is 0 Å². The quantitative estimate of drug-likeness (QED) is 0.371. The van der Waals surface area contributed by atoms with Crippen molar-refractivity contribution in [1.29, 1.82) is 0 Å². The van der Waals surface area contributed by atoms with Crippen molar-refractivity contribution < 1.29 is 25.2 Å². The number of rotatable bonds is 13.